The molecule has 11 nitrogen and oxygen atoms in total. The Bertz CT molecular complexity index is 546. The van der Waals surface area contributed by atoms with Gasteiger partial charge in [-0.15, -0.1) is 0 Å². The summed E-state index contributed by atoms with van der Waals surface area (Å²) in [6.07, 6.45) is 5.01. The molecule has 11 heteroatoms. The van der Waals surface area contributed by atoms with Crippen molar-refractivity contribution in [3.05, 3.63) is 0 Å². The van der Waals surface area contributed by atoms with Gasteiger partial charge < -0.3 is 36.6 Å². The fourth-order valence-electron chi connectivity index (χ4n) is 3.28. The molecule has 3 aliphatic rings. The zero-order valence-electron chi connectivity index (χ0n) is 15.8. The van der Waals surface area contributed by atoms with Crippen molar-refractivity contribution in [2.24, 2.45) is 5.73 Å². The van der Waals surface area contributed by atoms with Crippen LogP contribution in [-0.4, -0.2) is 88.3 Å². The van der Waals surface area contributed by atoms with E-state index in [1.807, 2.05) is 0 Å². The van der Waals surface area contributed by atoms with Crippen LogP contribution in [0.25, 0.3) is 0 Å². The Kier molecular flexibility index (Phi) is 10.4. The van der Waals surface area contributed by atoms with Crippen molar-refractivity contribution >= 4 is 23.8 Å². The number of carbonyl (C=O) groups is 4. The van der Waals surface area contributed by atoms with Crippen LogP contribution >= 0.6 is 0 Å². The first-order valence-electron chi connectivity index (χ1n) is 9.42. The van der Waals surface area contributed by atoms with Gasteiger partial charge in [0.05, 0.1) is 12.6 Å². The first-order chi connectivity index (χ1) is 13.3. The van der Waals surface area contributed by atoms with Gasteiger partial charge in [-0.2, -0.15) is 0 Å². The molecule has 3 rings (SSSR count). The molecular weight excluding hydrogens is 372 g/mol. The molecule has 0 aromatic rings. The molecule has 0 aromatic carbocycles. The first kappa shape index (κ1) is 23.8. The van der Waals surface area contributed by atoms with Crippen LogP contribution in [0.3, 0.4) is 0 Å². The maximum Gasteiger partial charge on any atom is 0.326 e. The third-order valence-corrected chi connectivity index (χ3v) is 4.71. The van der Waals surface area contributed by atoms with Gasteiger partial charge >= 0.3 is 17.9 Å². The first-order valence-corrected chi connectivity index (χ1v) is 9.42. The monoisotopic (exact) mass is 402 g/mol. The highest BCUT2D eigenvalue weighted by molar-refractivity contribution is 5.87. The van der Waals surface area contributed by atoms with E-state index in [-0.39, 0.29) is 24.5 Å². The van der Waals surface area contributed by atoms with Crippen LogP contribution in [0.15, 0.2) is 0 Å². The number of carbonyl (C=O) groups excluding carboxylic acids is 1. The summed E-state index contributed by atoms with van der Waals surface area (Å²) >= 11 is 0. The van der Waals surface area contributed by atoms with E-state index in [0.29, 0.717) is 13.0 Å². The maximum absolute atomic E-state index is 12.0. The van der Waals surface area contributed by atoms with E-state index >= 15 is 0 Å². The number of carboxylic acid groups (broad SMARTS) is 3. The van der Waals surface area contributed by atoms with Crippen molar-refractivity contribution in [3.8, 4) is 0 Å². The molecule has 0 aliphatic carbocycles. The van der Waals surface area contributed by atoms with Crippen molar-refractivity contribution < 1.29 is 34.5 Å². The Morgan fingerprint density at radius 3 is 1.75 bits per heavy atom. The molecule has 0 radical (unpaired) electrons. The lowest BCUT2D eigenvalue weighted by atomic mass is 10.1. The lowest BCUT2D eigenvalue weighted by Gasteiger charge is -2.24. The highest BCUT2D eigenvalue weighted by atomic mass is 16.4. The van der Waals surface area contributed by atoms with Gasteiger partial charge in [-0.1, -0.05) is 0 Å². The number of nitrogens with one attached hydrogen (secondary N) is 2. The second-order valence-electron chi connectivity index (χ2n) is 6.76. The minimum Gasteiger partial charge on any atom is -0.480 e. The van der Waals surface area contributed by atoms with Gasteiger partial charge in [0.15, 0.2) is 0 Å². The predicted octanol–water partition coefficient (Wildman–Crippen LogP) is -1.33. The zero-order chi connectivity index (χ0) is 21.1. The van der Waals surface area contributed by atoms with Crippen LogP contribution in [-0.2, 0) is 19.2 Å². The lowest BCUT2D eigenvalue weighted by Crippen LogP contribution is -2.48. The number of hydrogen-bond acceptors (Lipinski definition) is 7. The minimum absolute atomic E-state index is 0.0302. The summed E-state index contributed by atoms with van der Waals surface area (Å²) in [5.74, 6) is -2.59. The summed E-state index contributed by atoms with van der Waals surface area (Å²) in [4.78, 5) is 43.8. The number of aliphatic carboxylic acids is 3. The molecule has 1 amide bonds. The Morgan fingerprint density at radius 2 is 1.39 bits per heavy atom. The zero-order valence-corrected chi connectivity index (χ0v) is 15.8. The average Bonchev–Trinajstić information content (AvgIpc) is 3.44. The van der Waals surface area contributed by atoms with Crippen molar-refractivity contribution in [1.29, 1.82) is 0 Å². The molecule has 3 saturated heterocycles. The molecule has 28 heavy (non-hydrogen) atoms. The number of nitrogens with zero attached hydrogens (tertiary/aromatic N) is 1. The van der Waals surface area contributed by atoms with Crippen molar-refractivity contribution in [2.75, 3.05) is 26.2 Å². The fourth-order valence-corrected chi connectivity index (χ4v) is 3.28. The summed E-state index contributed by atoms with van der Waals surface area (Å²) in [6, 6.07) is -1.01. The van der Waals surface area contributed by atoms with Gasteiger partial charge in [0.1, 0.15) is 12.1 Å². The maximum atomic E-state index is 12.0. The van der Waals surface area contributed by atoms with E-state index in [9.17, 15) is 19.2 Å². The summed E-state index contributed by atoms with van der Waals surface area (Å²) in [5.41, 5.74) is 4.57. The van der Waals surface area contributed by atoms with Crippen LogP contribution < -0.4 is 16.4 Å². The van der Waals surface area contributed by atoms with Gasteiger partial charge in [-0.05, 0) is 51.6 Å². The van der Waals surface area contributed by atoms with Crippen molar-refractivity contribution in [1.82, 2.24) is 15.5 Å². The van der Waals surface area contributed by atoms with Gasteiger partial charge in [0.25, 0.3) is 0 Å². The fraction of sp³-hybridized carbons (Fsp3) is 0.765. The summed E-state index contributed by atoms with van der Waals surface area (Å²) in [6.45, 7) is 2.03. The minimum atomic E-state index is -0.968. The topological polar surface area (TPSA) is 182 Å². The molecule has 0 unspecified atom stereocenters. The number of hydrogen-bond donors (Lipinski definition) is 6. The molecule has 3 aliphatic heterocycles. The second kappa shape index (κ2) is 12.3. The van der Waals surface area contributed by atoms with E-state index in [1.165, 1.54) is 4.90 Å². The number of carboxylic acids is 3. The highest BCUT2D eigenvalue weighted by Gasteiger charge is 2.37. The Hall–Kier alpha value is -2.24. The molecule has 0 bridgehead atoms. The molecule has 3 atom stereocenters. The molecule has 3 heterocycles. The third kappa shape index (κ3) is 7.79. The molecule has 160 valence electrons. The van der Waals surface area contributed by atoms with Crippen molar-refractivity contribution in [2.45, 2.75) is 56.7 Å². The van der Waals surface area contributed by atoms with E-state index in [2.05, 4.69) is 16.4 Å². The Morgan fingerprint density at radius 1 is 0.857 bits per heavy atom. The quantitative estimate of drug-likeness (QED) is 0.329. The van der Waals surface area contributed by atoms with Crippen LogP contribution in [0.1, 0.15) is 38.5 Å². The van der Waals surface area contributed by atoms with Crippen LogP contribution in [0.5, 0.6) is 0 Å². The molecule has 0 saturated carbocycles. The van der Waals surface area contributed by atoms with E-state index in [4.69, 9.17) is 15.3 Å². The molecule has 7 N–H and O–H groups in total. The largest absolute Gasteiger partial charge is 0.480 e. The summed E-state index contributed by atoms with van der Waals surface area (Å²) < 4.78 is 0. The van der Waals surface area contributed by atoms with E-state index in [1.54, 1.807) is 0 Å². The standard InChI is InChI=1S/C10H16N2O3.C5H9NO2.C2H5NO2/c13-9(7-3-1-5-11-7)12-6-2-4-8(12)10(14)15;7-5(8)4-2-1-3-6-4;3-1-2(4)5/h7-8,11H,1-6H2,(H,14,15);4,6H,1-3H2,(H,7,8);1,3H2,(H,4,5)/t7-,8-;4-;/m00./s1. The van der Waals surface area contributed by atoms with Gasteiger partial charge in [-0.3, -0.25) is 14.4 Å². The smallest absolute Gasteiger partial charge is 0.326 e. The Balaban J connectivity index is 0.000000253. The van der Waals surface area contributed by atoms with Gasteiger partial charge in [-0.25, -0.2) is 4.79 Å². The van der Waals surface area contributed by atoms with Gasteiger partial charge in [0, 0.05) is 6.54 Å². The second-order valence-corrected chi connectivity index (χ2v) is 6.76. The lowest BCUT2D eigenvalue weighted by molar-refractivity contribution is -0.148. The third-order valence-electron chi connectivity index (χ3n) is 4.71. The highest BCUT2D eigenvalue weighted by Crippen LogP contribution is 2.20. The molecule has 0 spiro atoms. The summed E-state index contributed by atoms with van der Waals surface area (Å²) in [7, 11) is 0. The molecular formula is C17H30N4O7. The Labute approximate surface area is 163 Å². The summed E-state index contributed by atoms with van der Waals surface area (Å²) in [5, 5.41) is 30.9. The number of rotatable bonds is 4. The number of likely N-dealkylation sites (tertiary alicyclic amines) is 1. The predicted molar refractivity (Wildman–Crippen MR) is 98.7 cm³/mol. The van der Waals surface area contributed by atoms with E-state index in [0.717, 1.165) is 45.2 Å². The normalized spacial score (nSPS) is 25.9. The van der Waals surface area contributed by atoms with Crippen LogP contribution in [0.2, 0.25) is 0 Å². The SMILES string of the molecule is NCC(=O)O.O=C(O)[C@@H]1CCCN1.O=C(O)[C@@H]1CCCN1C(=O)[C@@H]1CCCN1. The molecule has 3 fully saturated rings. The molecule has 0 aromatic heterocycles. The average molecular weight is 402 g/mol. The number of amides is 1. The number of nitrogens with two attached hydrogens (primary N) is 1. The van der Waals surface area contributed by atoms with Gasteiger partial charge in [0.2, 0.25) is 5.91 Å². The van der Waals surface area contributed by atoms with Crippen LogP contribution in [0.4, 0.5) is 0 Å². The van der Waals surface area contributed by atoms with Crippen molar-refractivity contribution in [3.63, 3.8) is 0 Å². The van der Waals surface area contributed by atoms with Crippen LogP contribution in [0, 0.1) is 0 Å². The van der Waals surface area contributed by atoms with E-state index < -0.39 is 23.9 Å².